The van der Waals surface area contributed by atoms with Crippen molar-refractivity contribution < 1.29 is 4.42 Å². The van der Waals surface area contributed by atoms with E-state index < -0.39 is 0 Å². The fourth-order valence-corrected chi connectivity index (χ4v) is 1.88. The van der Waals surface area contributed by atoms with E-state index in [1.807, 2.05) is 12.1 Å². The van der Waals surface area contributed by atoms with Crippen molar-refractivity contribution in [2.24, 2.45) is 0 Å². The minimum atomic E-state index is 0.390. The summed E-state index contributed by atoms with van der Waals surface area (Å²) in [6, 6.07) is 13.0. The topological polar surface area (TPSA) is 16.4 Å². The lowest BCUT2D eigenvalue weighted by Crippen LogP contribution is -2.21. The Morgan fingerprint density at radius 1 is 1.18 bits per heavy atom. The van der Waals surface area contributed by atoms with Gasteiger partial charge in [0.1, 0.15) is 5.76 Å². The molecule has 0 spiro atoms. The Bertz CT molecular complexity index is 444. The molecular weight excluding hydrogens is 210 g/mol. The van der Waals surface area contributed by atoms with E-state index in [1.165, 1.54) is 11.1 Å². The summed E-state index contributed by atoms with van der Waals surface area (Å²) < 4.78 is 5.37. The van der Waals surface area contributed by atoms with E-state index in [0.29, 0.717) is 6.04 Å². The number of benzene rings is 1. The first-order valence-corrected chi connectivity index (χ1v) is 5.96. The highest BCUT2D eigenvalue weighted by Crippen LogP contribution is 2.21. The number of hydrogen-bond donors (Lipinski definition) is 0. The molecule has 0 fully saturated rings. The van der Waals surface area contributed by atoms with E-state index in [0.717, 1.165) is 12.3 Å². The first-order chi connectivity index (χ1) is 8.16. The van der Waals surface area contributed by atoms with Gasteiger partial charge in [-0.1, -0.05) is 29.8 Å². The minimum Gasteiger partial charge on any atom is -0.468 e. The van der Waals surface area contributed by atoms with Gasteiger partial charge in [-0.05, 0) is 38.6 Å². The molecule has 0 amide bonds. The van der Waals surface area contributed by atoms with Crippen LogP contribution in [0.5, 0.6) is 0 Å². The predicted octanol–water partition coefficient (Wildman–Crippen LogP) is 3.78. The molecule has 2 heteroatoms. The first-order valence-electron chi connectivity index (χ1n) is 5.96. The summed E-state index contributed by atoms with van der Waals surface area (Å²) in [5, 5.41) is 0. The Balaban J connectivity index is 2.04. The molecule has 0 N–H and O–H groups in total. The Morgan fingerprint density at radius 2 is 1.88 bits per heavy atom. The van der Waals surface area contributed by atoms with Crippen LogP contribution in [0.15, 0.2) is 47.1 Å². The molecule has 90 valence electrons. The van der Waals surface area contributed by atoms with E-state index >= 15 is 0 Å². The SMILES string of the molecule is Cc1ccc(C(C)N(C)Cc2ccco2)cc1. The van der Waals surface area contributed by atoms with Crippen molar-refractivity contribution in [3.63, 3.8) is 0 Å². The molecule has 1 heterocycles. The summed E-state index contributed by atoms with van der Waals surface area (Å²) in [5.41, 5.74) is 2.64. The normalized spacial score (nSPS) is 12.9. The minimum absolute atomic E-state index is 0.390. The van der Waals surface area contributed by atoms with Gasteiger partial charge in [-0.2, -0.15) is 0 Å². The van der Waals surface area contributed by atoms with Gasteiger partial charge in [0.2, 0.25) is 0 Å². The molecule has 0 aliphatic heterocycles. The van der Waals surface area contributed by atoms with Gasteiger partial charge in [0, 0.05) is 6.04 Å². The lowest BCUT2D eigenvalue weighted by Gasteiger charge is -2.24. The van der Waals surface area contributed by atoms with Gasteiger partial charge in [0.25, 0.3) is 0 Å². The molecular formula is C15H19NO. The predicted molar refractivity (Wildman–Crippen MR) is 69.8 cm³/mol. The van der Waals surface area contributed by atoms with Gasteiger partial charge in [-0.3, -0.25) is 4.90 Å². The summed E-state index contributed by atoms with van der Waals surface area (Å²) in [7, 11) is 2.12. The van der Waals surface area contributed by atoms with Gasteiger partial charge < -0.3 is 4.42 Å². The van der Waals surface area contributed by atoms with E-state index in [9.17, 15) is 0 Å². The van der Waals surface area contributed by atoms with Crippen molar-refractivity contribution in [2.75, 3.05) is 7.05 Å². The van der Waals surface area contributed by atoms with Gasteiger partial charge in [0.05, 0.1) is 12.8 Å². The van der Waals surface area contributed by atoms with Crippen LogP contribution in [0.1, 0.15) is 29.9 Å². The summed E-state index contributed by atoms with van der Waals surface area (Å²) in [4.78, 5) is 2.28. The van der Waals surface area contributed by atoms with Crippen LogP contribution in [0.25, 0.3) is 0 Å². The van der Waals surface area contributed by atoms with E-state index in [4.69, 9.17) is 4.42 Å². The van der Waals surface area contributed by atoms with Crippen LogP contribution < -0.4 is 0 Å². The van der Waals surface area contributed by atoms with Crippen LogP contribution in [-0.4, -0.2) is 11.9 Å². The molecule has 1 aromatic carbocycles. The smallest absolute Gasteiger partial charge is 0.117 e. The molecule has 0 saturated carbocycles. The van der Waals surface area contributed by atoms with Crippen molar-refractivity contribution in [3.05, 3.63) is 59.5 Å². The zero-order valence-electron chi connectivity index (χ0n) is 10.7. The summed E-state index contributed by atoms with van der Waals surface area (Å²) >= 11 is 0. The van der Waals surface area contributed by atoms with Gasteiger partial charge in [-0.25, -0.2) is 0 Å². The van der Waals surface area contributed by atoms with Crippen LogP contribution in [0.4, 0.5) is 0 Å². The third-order valence-corrected chi connectivity index (χ3v) is 3.21. The molecule has 17 heavy (non-hydrogen) atoms. The van der Waals surface area contributed by atoms with Crippen molar-refractivity contribution in [1.82, 2.24) is 4.90 Å². The second-order valence-corrected chi connectivity index (χ2v) is 4.58. The molecule has 0 aliphatic carbocycles. The summed E-state index contributed by atoms with van der Waals surface area (Å²) in [5.74, 6) is 1.01. The van der Waals surface area contributed by atoms with E-state index in [1.54, 1.807) is 6.26 Å². The molecule has 0 aliphatic rings. The Kier molecular flexibility index (Phi) is 3.64. The van der Waals surface area contributed by atoms with Crippen molar-refractivity contribution in [2.45, 2.75) is 26.4 Å². The average Bonchev–Trinajstić information content (AvgIpc) is 2.82. The fourth-order valence-electron chi connectivity index (χ4n) is 1.88. The van der Waals surface area contributed by atoms with Gasteiger partial charge in [0.15, 0.2) is 0 Å². The Hall–Kier alpha value is -1.54. The zero-order valence-corrected chi connectivity index (χ0v) is 10.7. The first kappa shape index (κ1) is 11.9. The highest BCUT2D eigenvalue weighted by Gasteiger charge is 2.12. The molecule has 0 radical (unpaired) electrons. The largest absolute Gasteiger partial charge is 0.468 e. The molecule has 1 atom stereocenters. The Morgan fingerprint density at radius 3 is 2.47 bits per heavy atom. The lowest BCUT2D eigenvalue weighted by molar-refractivity contribution is 0.232. The molecule has 0 saturated heterocycles. The van der Waals surface area contributed by atoms with Crippen LogP contribution in [-0.2, 0) is 6.54 Å². The van der Waals surface area contributed by atoms with Crippen LogP contribution in [0.3, 0.4) is 0 Å². The van der Waals surface area contributed by atoms with E-state index in [2.05, 4.69) is 50.1 Å². The lowest BCUT2D eigenvalue weighted by atomic mass is 10.1. The fraction of sp³-hybridized carbons (Fsp3) is 0.333. The molecule has 2 aromatic rings. The highest BCUT2D eigenvalue weighted by molar-refractivity contribution is 5.23. The molecule has 1 unspecified atom stereocenters. The van der Waals surface area contributed by atoms with Crippen LogP contribution >= 0.6 is 0 Å². The second-order valence-electron chi connectivity index (χ2n) is 4.58. The number of nitrogens with zero attached hydrogens (tertiary/aromatic N) is 1. The number of hydrogen-bond acceptors (Lipinski definition) is 2. The summed E-state index contributed by atoms with van der Waals surface area (Å²) in [6.45, 7) is 5.16. The third kappa shape index (κ3) is 2.98. The van der Waals surface area contributed by atoms with Crippen LogP contribution in [0.2, 0.25) is 0 Å². The maximum absolute atomic E-state index is 5.37. The standard InChI is InChI=1S/C15H19NO/c1-12-6-8-14(9-7-12)13(2)16(3)11-15-5-4-10-17-15/h4-10,13H,11H2,1-3H3. The molecule has 2 nitrogen and oxygen atoms in total. The molecule has 1 aromatic heterocycles. The second kappa shape index (κ2) is 5.19. The third-order valence-electron chi connectivity index (χ3n) is 3.21. The number of rotatable bonds is 4. The maximum atomic E-state index is 5.37. The molecule has 2 rings (SSSR count). The maximum Gasteiger partial charge on any atom is 0.117 e. The van der Waals surface area contributed by atoms with Crippen molar-refractivity contribution in [3.8, 4) is 0 Å². The quantitative estimate of drug-likeness (QED) is 0.793. The summed E-state index contributed by atoms with van der Waals surface area (Å²) in [6.07, 6.45) is 1.72. The van der Waals surface area contributed by atoms with E-state index in [-0.39, 0.29) is 0 Å². The zero-order chi connectivity index (χ0) is 12.3. The van der Waals surface area contributed by atoms with Crippen molar-refractivity contribution >= 4 is 0 Å². The van der Waals surface area contributed by atoms with Gasteiger partial charge in [-0.15, -0.1) is 0 Å². The van der Waals surface area contributed by atoms with Crippen molar-refractivity contribution in [1.29, 1.82) is 0 Å². The Labute approximate surface area is 103 Å². The average molecular weight is 229 g/mol. The monoisotopic (exact) mass is 229 g/mol. The number of aryl methyl sites for hydroxylation is 1. The number of furan rings is 1. The highest BCUT2D eigenvalue weighted by atomic mass is 16.3. The van der Waals surface area contributed by atoms with Gasteiger partial charge >= 0.3 is 0 Å². The molecule has 0 bridgehead atoms. The van der Waals surface area contributed by atoms with Crippen LogP contribution in [0, 0.1) is 6.92 Å².